The van der Waals surface area contributed by atoms with Crippen LogP contribution in [0.1, 0.15) is 6.92 Å². The molecule has 1 heterocycles. The number of rotatable bonds is 0. The Labute approximate surface area is 41.8 Å². The summed E-state index contributed by atoms with van der Waals surface area (Å²) in [6, 6.07) is 0. The minimum atomic E-state index is 1.21. The van der Waals surface area contributed by atoms with Gasteiger partial charge in [-0.25, -0.2) is 0 Å². The average Bonchev–Trinajstić information content (AvgIpc) is 1.86. The highest BCUT2D eigenvalue weighted by Crippen LogP contribution is 1.93. The lowest BCUT2D eigenvalue weighted by Crippen LogP contribution is -1.72. The highest BCUT2D eigenvalue weighted by atomic mass is 32.1. The Bertz CT molecular complexity index is 101. The van der Waals surface area contributed by atoms with Crippen molar-refractivity contribution in [2.75, 3.05) is 5.75 Å². The maximum atomic E-state index is 2.16. The Hall–Kier alpha value is -0.170. The van der Waals surface area contributed by atoms with Crippen LogP contribution in [-0.2, 0) is 11.4 Å². The summed E-state index contributed by atoms with van der Waals surface area (Å²) in [6.07, 6.45) is 2.16. The molecule has 0 N–H and O–H groups in total. The predicted octanol–water partition coefficient (Wildman–Crippen LogP) is 0.831. The van der Waals surface area contributed by atoms with Crippen LogP contribution < -0.4 is 0 Å². The zero-order chi connectivity index (χ0) is 4.41. The molecule has 1 rings (SSSR count). The fraction of sp³-hybridized carbons (Fsp3) is 0.400. The molecule has 1 heteroatoms. The minimum absolute atomic E-state index is 1.21. The van der Waals surface area contributed by atoms with Crippen LogP contribution in [0.4, 0.5) is 0 Å². The molecule has 0 bridgehead atoms. The first-order valence-electron chi connectivity index (χ1n) is 2.00. The highest BCUT2D eigenvalue weighted by Gasteiger charge is 2.00. The second-order valence-corrected chi connectivity index (χ2v) is 2.35. The molecule has 0 unspecified atom stereocenters. The van der Waals surface area contributed by atoms with E-state index in [1.165, 1.54) is 11.3 Å². The van der Waals surface area contributed by atoms with E-state index >= 15 is 0 Å². The van der Waals surface area contributed by atoms with Crippen molar-refractivity contribution in [3.63, 3.8) is 0 Å². The first-order valence-corrected chi connectivity index (χ1v) is 3.05. The molecule has 0 aromatic carbocycles. The molecular weight excluding hydrogens is 92.1 g/mol. The van der Waals surface area contributed by atoms with Gasteiger partial charge in [-0.3, -0.25) is 0 Å². The molecule has 0 atom stereocenters. The molecule has 0 aliphatic carbocycles. The molecule has 0 fully saturated rings. The number of hydrogen-bond donors (Lipinski definition) is 0. The van der Waals surface area contributed by atoms with E-state index in [9.17, 15) is 0 Å². The summed E-state index contributed by atoms with van der Waals surface area (Å²) >= 11 is 1.86. The molecule has 0 saturated heterocycles. The van der Waals surface area contributed by atoms with Crippen molar-refractivity contribution >= 4 is 16.7 Å². The molecule has 32 valence electrons. The van der Waals surface area contributed by atoms with E-state index in [0.717, 1.165) is 0 Å². The van der Waals surface area contributed by atoms with Crippen LogP contribution in [0.2, 0.25) is 0 Å². The van der Waals surface area contributed by atoms with E-state index < -0.39 is 0 Å². The molecule has 0 saturated carbocycles. The summed E-state index contributed by atoms with van der Waals surface area (Å²) in [7, 11) is 0. The van der Waals surface area contributed by atoms with Gasteiger partial charge < -0.3 is 0 Å². The minimum Gasteiger partial charge on any atom is -0.0382 e. The topological polar surface area (TPSA) is 0 Å². The van der Waals surface area contributed by atoms with Gasteiger partial charge in [-0.2, -0.15) is 0 Å². The lowest BCUT2D eigenvalue weighted by molar-refractivity contribution is 1.44. The van der Waals surface area contributed by atoms with Crippen LogP contribution in [0.25, 0.3) is 0 Å². The smallest absolute Gasteiger partial charge is 0.0382 e. The Morgan fingerprint density at radius 3 is 2.83 bits per heavy atom. The summed E-state index contributed by atoms with van der Waals surface area (Å²) in [5.41, 5.74) is 1.49. The van der Waals surface area contributed by atoms with Gasteiger partial charge in [0, 0.05) is 0 Å². The maximum Gasteiger partial charge on any atom is 0.197 e. The molecule has 0 radical (unpaired) electrons. The van der Waals surface area contributed by atoms with Gasteiger partial charge in [-0.15, -0.1) is 0 Å². The third kappa shape index (κ3) is 0.658. The fourth-order valence-corrected chi connectivity index (χ4v) is 1.18. The predicted molar refractivity (Wildman–Crippen MR) is 32.1 cm³/mol. The first-order chi connectivity index (χ1) is 2.89. The second-order valence-electron chi connectivity index (χ2n) is 1.46. The van der Waals surface area contributed by atoms with E-state index in [1.54, 1.807) is 0 Å². The van der Waals surface area contributed by atoms with Crippen LogP contribution in [0.3, 0.4) is 0 Å². The Kier molecular flexibility index (Phi) is 1.01. The molecule has 0 aromatic rings. The third-order valence-electron chi connectivity index (χ3n) is 0.760. The van der Waals surface area contributed by atoms with Gasteiger partial charge in [0.2, 0.25) is 0 Å². The van der Waals surface area contributed by atoms with Crippen molar-refractivity contribution in [1.82, 2.24) is 0 Å². The maximum absolute atomic E-state index is 2.16. The van der Waals surface area contributed by atoms with Gasteiger partial charge in [0.25, 0.3) is 0 Å². The Balaban J connectivity index is 2.61. The zero-order valence-electron chi connectivity index (χ0n) is 3.77. The SMILES string of the molecule is CC1=CC=[S+]C1. The van der Waals surface area contributed by atoms with Crippen molar-refractivity contribution in [2.45, 2.75) is 6.92 Å². The van der Waals surface area contributed by atoms with E-state index in [0.29, 0.717) is 0 Å². The highest BCUT2D eigenvalue weighted by molar-refractivity contribution is 7.78. The van der Waals surface area contributed by atoms with Gasteiger partial charge in [0.15, 0.2) is 22.5 Å². The molecular formula is C5H7S+. The molecule has 1 aliphatic heterocycles. The Morgan fingerprint density at radius 1 is 1.83 bits per heavy atom. The normalized spacial score (nSPS) is 18.5. The number of allylic oxidation sites excluding steroid dienone is 1. The van der Waals surface area contributed by atoms with Crippen molar-refractivity contribution < 1.29 is 0 Å². The van der Waals surface area contributed by atoms with E-state index in [1.807, 2.05) is 11.4 Å². The summed E-state index contributed by atoms with van der Waals surface area (Å²) in [6.45, 7) is 2.15. The van der Waals surface area contributed by atoms with Crippen molar-refractivity contribution in [3.8, 4) is 0 Å². The molecule has 0 nitrogen and oxygen atoms in total. The summed E-state index contributed by atoms with van der Waals surface area (Å²) in [4.78, 5) is 0. The average molecular weight is 99.2 g/mol. The van der Waals surface area contributed by atoms with Gasteiger partial charge in [-0.05, 0) is 18.6 Å². The van der Waals surface area contributed by atoms with E-state index in [2.05, 4.69) is 18.4 Å². The van der Waals surface area contributed by atoms with Gasteiger partial charge in [0.05, 0.1) is 0 Å². The van der Waals surface area contributed by atoms with Crippen LogP contribution in [-0.4, -0.2) is 11.1 Å². The fourth-order valence-electron chi connectivity index (χ4n) is 0.392. The molecule has 0 spiro atoms. The first kappa shape index (κ1) is 4.00. The van der Waals surface area contributed by atoms with Crippen LogP contribution >= 0.6 is 0 Å². The van der Waals surface area contributed by atoms with Crippen LogP contribution in [0.15, 0.2) is 11.6 Å². The summed E-state index contributed by atoms with van der Waals surface area (Å²) in [5.74, 6) is 1.21. The van der Waals surface area contributed by atoms with Crippen LogP contribution in [0.5, 0.6) is 0 Å². The lowest BCUT2D eigenvalue weighted by atomic mass is 10.3. The molecule has 0 amide bonds. The lowest BCUT2D eigenvalue weighted by Gasteiger charge is -1.68. The third-order valence-corrected chi connectivity index (χ3v) is 1.71. The molecule has 6 heavy (non-hydrogen) atoms. The van der Waals surface area contributed by atoms with Crippen molar-refractivity contribution in [2.24, 2.45) is 0 Å². The van der Waals surface area contributed by atoms with E-state index in [4.69, 9.17) is 0 Å². The molecule has 0 aromatic heterocycles. The van der Waals surface area contributed by atoms with E-state index in [-0.39, 0.29) is 0 Å². The largest absolute Gasteiger partial charge is 0.197 e. The van der Waals surface area contributed by atoms with Crippen LogP contribution in [0, 0.1) is 0 Å². The van der Waals surface area contributed by atoms with Crippen molar-refractivity contribution in [1.29, 1.82) is 0 Å². The number of hydrogen-bond acceptors (Lipinski definition) is 0. The van der Waals surface area contributed by atoms with Gasteiger partial charge in [-0.1, -0.05) is 0 Å². The summed E-state index contributed by atoms with van der Waals surface area (Å²) in [5, 5.41) is 2.13. The Morgan fingerprint density at radius 2 is 2.67 bits per heavy atom. The second kappa shape index (κ2) is 1.52. The zero-order valence-corrected chi connectivity index (χ0v) is 4.59. The van der Waals surface area contributed by atoms with Crippen molar-refractivity contribution in [3.05, 3.63) is 11.6 Å². The summed E-state index contributed by atoms with van der Waals surface area (Å²) < 4.78 is 0. The quantitative estimate of drug-likeness (QED) is 0.312. The van der Waals surface area contributed by atoms with Gasteiger partial charge >= 0.3 is 0 Å². The van der Waals surface area contributed by atoms with Gasteiger partial charge in [0.1, 0.15) is 0 Å². The molecule has 1 aliphatic rings. The standard InChI is InChI=1S/C5H7S/c1-5-2-3-6-4-5/h2-3H,4H2,1H3/q+1. The monoisotopic (exact) mass is 99.0 g/mol.